The molecule has 1 aliphatic carbocycles. The highest BCUT2D eigenvalue weighted by atomic mass is 35.5. The lowest BCUT2D eigenvalue weighted by Crippen LogP contribution is -2.61. The monoisotopic (exact) mass is 318 g/mol. The van der Waals surface area contributed by atoms with Crippen LogP contribution in [-0.2, 0) is 14.8 Å². The lowest BCUT2D eigenvalue weighted by Gasteiger charge is -2.51. The Hall–Kier alpha value is -0.690. The van der Waals surface area contributed by atoms with Gasteiger partial charge in [0.05, 0.1) is 11.0 Å². The number of rotatable bonds is 5. The van der Waals surface area contributed by atoms with E-state index >= 15 is 0 Å². The highest BCUT2D eigenvalue weighted by Gasteiger charge is 2.50. The molecule has 0 aliphatic heterocycles. The van der Waals surface area contributed by atoms with Gasteiger partial charge in [0, 0.05) is 24.3 Å². The second kappa shape index (κ2) is 5.60. The van der Waals surface area contributed by atoms with E-state index in [9.17, 15) is 8.42 Å². The molecule has 0 amide bonds. The molecule has 2 atom stereocenters. The summed E-state index contributed by atoms with van der Waals surface area (Å²) in [4.78, 5) is 3.92. The molecular formula is C13H19ClN2O3S. The minimum absolute atomic E-state index is 0.0845. The number of nitrogens with one attached hydrogen (secondary N) is 1. The molecule has 20 heavy (non-hydrogen) atoms. The first-order valence-electron chi connectivity index (χ1n) is 6.53. The van der Waals surface area contributed by atoms with Crippen LogP contribution in [-0.4, -0.2) is 32.2 Å². The number of nitrogens with zero attached hydrogens (tertiary/aromatic N) is 1. The van der Waals surface area contributed by atoms with E-state index in [1.807, 2.05) is 20.8 Å². The fourth-order valence-electron chi connectivity index (χ4n) is 2.38. The maximum atomic E-state index is 12.3. The lowest BCUT2D eigenvalue weighted by molar-refractivity contribution is -0.108. The Morgan fingerprint density at radius 2 is 2.25 bits per heavy atom. The van der Waals surface area contributed by atoms with Crippen LogP contribution < -0.4 is 4.72 Å². The quantitative estimate of drug-likeness (QED) is 0.845. The van der Waals surface area contributed by atoms with Crippen LogP contribution in [0.3, 0.4) is 0 Å². The summed E-state index contributed by atoms with van der Waals surface area (Å²) in [6.45, 7) is 6.58. The molecule has 1 aliphatic rings. The largest absolute Gasteiger partial charge is 0.378 e. The van der Waals surface area contributed by atoms with Crippen molar-refractivity contribution in [3.05, 3.63) is 23.5 Å². The summed E-state index contributed by atoms with van der Waals surface area (Å²) in [5.74, 6) is 0. The molecule has 5 nitrogen and oxygen atoms in total. The molecule has 1 heterocycles. The molecule has 1 aromatic rings. The summed E-state index contributed by atoms with van der Waals surface area (Å²) >= 11 is 5.73. The van der Waals surface area contributed by atoms with E-state index in [-0.39, 0.29) is 27.6 Å². The van der Waals surface area contributed by atoms with Crippen LogP contribution in [0.4, 0.5) is 0 Å². The smallest absolute Gasteiger partial charge is 0.241 e. The van der Waals surface area contributed by atoms with Gasteiger partial charge in [0.15, 0.2) is 0 Å². The molecular weight excluding hydrogens is 300 g/mol. The van der Waals surface area contributed by atoms with E-state index in [0.717, 1.165) is 0 Å². The Balaban J connectivity index is 2.11. The van der Waals surface area contributed by atoms with Gasteiger partial charge >= 0.3 is 0 Å². The Labute approximate surface area is 124 Å². The third kappa shape index (κ3) is 2.98. The summed E-state index contributed by atoms with van der Waals surface area (Å²) in [7, 11) is -3.58. The van der Waals surface area contributed by atoms with Gasteiger partial charge in [-0.15, -0.1) is 0 Å². The standard InChI is InChI=1S/C13H19ClN2O3S/c1-4-19-11-8-10(13(11,2)3)16-20(17,18)9-5-6-15-12(14)7-9/h5-7,10-11,16H,4,8H2,1-3H3. The minimum Gasteiger partial charge on any atom is -0.378 e. The van der Waals surface area contributed by atoms with Crippen molar-refractivity contribution in [1.82, 2.24) is 9.71 Å². The minimum atomic E-state index is -3.58. The average Bonchev–Trinajstić information content (AvgIpc) is 2.37. The summed E-state index contributed by atoms with van der Waals surface area (Å²) in [6.07, 6.45) is 2.14. The highest BCUT2D eigenvalue weighted by molar-refractivity contribution is 7.89. The van der Waals surface area contributed by atoms with Crippen molar-refractivity contribution >= 4 is 21.6 Å². The topological polar surface area (TPSA) is 68.3 Å². The van der Waals surface area contributed by atoms with E-state index in [4.69, 9.17) is 16.3 Å². The Bertz CT molecular complexity index is 589. The molecule has 0 radical (unpaired) electrons. The molecule has 0 aromatic carbocycles. The van der Waals surface area contributed by atoms with Crippen LogP contribution in [0, 0.1) is 5.41 Å². The first-order valence-corrected chi connectivity index (χ1v) is 8.39. The fourth-order valence-corrected chi connectivity index (χ4v) is 4.03. The molecule has 0 saturated heterocycles. The zero-order valence-electron chi connectivity index (χ0n) is 11.8. The normalized spacial score (nSPS) is 25.2. The Kier molecular flexibility index (Phi) is 4.39. The number of halogens is 1. The Morgan fingerprint density at radius 1 is 1.55 bits per heavy atom. The molecule has 7 heteroatoms. The SMILES string of the molecule is CCOC1CC(NS(=O)(=O)c2ccnc(Cl)c2)C1(C)C. The van der Waals surface area contributed by atoms with Crippen molar-refractivity contribution in [3.8, 4) is 0 Å². The van der Waals surface area contributed by atoms with Gasteiger partial charge in [0.25, 0.3) is 0 Å². The summed E-state index contributed by atoms with van der Waals surface area (Å²) < 4.78 is 32.9. The van der Waals surface area contributed by atoms with E-state index in [1.54, 1.807) is 0 Å². The van der Waals surface area contributed by atoms with Crippen molar-refractivity contribution < 1.29 is 13.2 Å². The van der Waals surface area contributed by atoms with Crippen LogP contribution in [0.5, 0.6) is 0 Å². The third-order valence-corrected chi connectivity index (χ3v) is 5.53. The van der Waals surface area contributed by atoms with Crippen LogP contribution in [0.1, 0.15) is 27.2 Å². The summed E-state index contributed by atoms with van der Waals surface area (Å²) in [5, 5.41) is 0.160. The maximum Gasteiger partial charge on any atom is 0.241 e. The maximum absolute atomic E-state index is 12.3. The zero-order valence-corrected chi connectivity index (χ0v) is 13.3. The molecule has 2 rings (SSSR count). The predicted molar refractivity (Wildman–Crippen MR) is 77.2 cm³/mol. The zero-order chi connectivity index (χ0) is 15.0. The second-order valence-electron chi connectivity index (χ2n) is 5.49. The van der Waals surface area contributed by atoms with Crippen LogP contribution in [0.15, 0.2) is 23.2 Å². The molecule has 112 valence electrons. The third-order valence-electron chi connectivity index (χ3n) is 3.85. The average molecular weight is 319 g/mol. The number of pyridine rings is 1. The van der Waals surface area contributed by atoms with Crippen LogP contribution >= 0.6 is 11.6 Å². The predicted octanol–water partition coefficient (Wildman–Crippen LogP) is 2.22. The van der Waals surface area contributed by atoms with Gasteiger partial charge in [-0.2, -0.15) is 0 Å². The number of hydrogen-bond donors (Lipinski definition) is 1. The molecule has 0 bridgehead atoms. The fraction of sp³-hybridized carbons (Fsp3) is 0.615. The molecule has 1 fully saturated rings. The van der Waals surface area contributed by atoms with Crippen LogP contribution in [0.2, 0.25) is 5.15 Å². The summed E-state index contributed by atoms with van der Waals surface area (Å²) in [5.41, 5.74) is -0.222. The molecule has 1 N–H and O–H groups in total. The molecule has 1 saturated carbocycles. The van der Waals surface area contributed by atoms with Crippen molar-refractivity contribution in [2.45, 2.75) is 44.2 Å². The first kappa shape index (κ1) is 15.7. The first-order chi connectivity index (χ1) is 9.27. The Morgan fingerprint density at radius 3 is 2.80 bits per heavy atom. The number of aromatic nitrogens is 1. The molecule has 1 aromatic heterocycles. The lowest BCUT2D eigenvalue weighted by atomic mass is 9.65. The second-order valence-corrected chi connectivity index (χ2v) is 7.59. The van der Waals surface area contributed by atoms with Crippen molar-refractivity contribution in [2.75, 3.05) is 6.61 Å². The van der Waals surface area contributed by atoms with E-state index < -0.39 is 10.0 Å². The number of sulfonamides is 1. The number of ether oxygens (including phenoxy) is 1. The van der Waals surface area contributed by atoms with Gasteiger partial charge in [0.1, 0.15) is 5.15 Å². The van der Waals surface area contributed by atoms with Crippen molar-refractivity contribution in [1.29, 1.82) is 0 Å². The molecule has 0 spiro atoms. The van der Waals surface area contributed by atoms with Gasteiger partial charge in [-0.05, 0) is 25.5 Å². The van der Waals surface area contributed by atoms with E-state index in [1.165, 1.54) is 18.3 Å². The van der Waals surface area contributed by atoms with Crippen molar-refractivity contribution in [2.24, 2.45) is 5.41 Å². The van der Waals surface area contributed by atoms with E-state index in [0.29, 0.717) is 13.0 Å². The highest BCUT2D eigenvalue weighted by Crippen LogP contribution is 2.43. The molecule has 2 unspecified atom stereocenters. The number of hydrogen-bond acceptors (Lipinski definition) is 4. The van der Waals surface area contributed by atoms with E-state index in [2.05, 4.69) is 9.71 Å². The summed E-state index contributed by atoms with van der Waals surface area (Å²) in [6, 6.07) is 2.63. The van der Waals surface area contributed by atoms with Crippen LogP contribution in [0.25, 0.3) is 0 Å². The van der Waals surface area contributed by atoms with Gasteiger partial charge in [-0.1, -0.05) is 25.4 Å². The van der Waals surface area contributed by atoms with Gasteiger partial charge < -0.3 is 4.74 Å². The van der Waals surface area contributed by atoms with Crippen molar-refractivity contribution in [3.63, 3.8) is 0 Å². The van der Waals surface area contributed by atoms with Gasteiger partial charge in [-0.25, -0.2) is 18.1 Å². The van der Waals surface area contributed by atoms with Gasteiger partial charge in [-0.3, -0.25) is 0 Å². The van der Waals surface area contributed by atoms with Gasteiger partial charge in [0.2, 0.25) is 10.0 Å².